The Labute approximate surface area is 118 Å². The van der Waals surface area contributed by atoms with Crippen LogP contribution in [-0.4, -0.2) is 27.7 Å². The zero-order valence-corrected chi connectivity index (χ0v) is 11.7. The Balaban J connectivity index is 1.86. The first-order valence-corrected chi connectivity index (χ1v) is 6.64. The van der Waals surface area contributed by atoms with Gasteiger partial charge in [-0.2, -0.15) is 0 Å². The second-order valence-corrected chi connectivity index (χ2v) is 4.75. The maximum Gasteiger partial charge on any atom is 0.218 e. The number of hydrogen-bond donors (Lipinski definition) is 2. The van der Waals surface area contributed by atoms with Gasteiger partial charge in [0.25, 0.3) is 0 Å². The van der Waals surface area contributed by atoms with Crippen LogP contribution in [-0.2, 0) is 6.42 Å². The van der Waals surface area contributed by atoms with Crippen LogP contribution in [0, 0.1) is 0 Å². The molecule has 0 saturated heterocycles. The first kappa shape index (κ1) is 14.1. The van der Waals surface area contributed by atoms with Crippen molar-refractivity contribution in [1.29, 1.82) is 0 Å². The Morgan fingerprint density at radius 3 is 2.65 bits per heavy atom. The molecule has 106 valence electrons. The van der Waals surface area contributed by atoms with E-state index in [0.717, 1.165) is 24.3 Å². The van der Waals surface area contributed by atoms with E-state index in [0.29, 0.717) is 5.88 Å². The van der Waals surface area contributed by atoms with Crippen molar-refractivity contribution in [3.63, 3.8) is 0 Å². The van der Waals surface area contributed by atoms with Crippen LogP contribution in [0.15, 0.2) is 36.7 Å². The molecular weight excluding hydrogens is 254 g/mol. The lowest BCUT2D eigenvalue weighted by Crippen LogP contribution is -2.09. The molecular formula is C15H19N3O2. The molecule has 0 atom stereocenters. The topological polar surface area (TPSA) is 67.3 Å². The van der Waals surface area contributed by atoms with Crippen molar-refractivity contribution in [2.45, 2.75) is 26.4 Å². The van der Waals surface area contributed by atoms with E-state index in [1.807, 2.05) is 26.0 Å². The van der Waals surface area contributed by atoms with Gasteiger partial charge >= 0.3 is 0 Å². The number of aromatic nitrogens is 2. The monoisotopic (exact) mass is 273 g/mol. The lowest BCUT2D eigenvalue weighted by Gasteiger charge is -2.10. The predicted molar refractivity (Wildman–Crippen MR) is 78.1 cm³/mol. The number of hydrogen-bond acceptors (Lipinski definition) is 5. The third-order valence-corrected chi connectivity index (χ3v) is 2.65. The maximum absolute atomic E-state index is 9.22. The molecule has 0 aliphatic carbocycles. The van der Waals surface area contributed by atoms with E-state index in [1.54, 1.807) is 18.2 Å². The molecule has 5 nitrogen and oxygen atoms in total. The standard InChI is InChI=1S/C15H19N3O2/c1-11(2)20-15-9-14(17-10-18-15)16-8-7-12-3-5-13(19)6-4-12/h3-6,9-11,19H,7-8H2,1-2H3,(H,16,17,18). The van der Waals surface area contributed by atoms with Crippen molar-refractivity contribution in [2.75, 3.05) is 11.9 Å². The van der Waals surface area contributed by atoms with E-state index in [9.17, 15) is 5.11 Å². The summed E-state index contributed by atoms with van der Waals surface area (Å²) >= 11 is 0. The third kappa shape index (κ3) is 4.42. The number of ether oxygens (including phenoxy) is 1. The molecule has 20 heavy (non-hydrogen) atoms. The van der Waals surface area contributed by atoms with Crippen molar-refractivity contribution in [1.82, 2.24) is 9.97 Å². The molecule has 0 aliphatic rings. The van der Waals surface area contributed by atoms with Crippen LogP contribution < -0.4 is 10.1 Å². The molecule has 0 amide bonds. The molecule has 2 N–H and O–H groups in total. The van der Waals surface area contributed by atoms with Gasteiger partial charge in [0.15, 0.2) is 0 Å². The summed E-state index contributed by atoms with van der Waals surface area (Å²) in [6, 6.07) is 8.98. The van der Waals surface area contributed by atoms with Gasteiger partial charge in [0.2, 0.25) is 5.88 Å². The molecule has 1 heterocycles. The van der Waals surface area contributed by atoms with E-state index in [2.05, 4.69) is 15.3 Å². The lowest BCUT2D eigenvalue weighted by atomic mass is 10.1. The Morgan fingerprint density at radius 1 is 1.20 bits per heavy atom. The minimum Gasteiger partial charge on any atom is -0.508 e. The average Bonchev–Trinajstić information content (AvgIpc) is 2.41. The molecule has 2 rings (SSSR count). The van der Waals surface area contributed by atoms with Crippen LogP contribution in [0.3, 0.4) is 0 Å². The lowest BCUT2D eigenvalue weighted by molar-refractivity contribution is 0.232. The van der Waals surface area contributed by atoms with Gasteiger partial charge in [-0.05, 0) is 38.0 Å². The highest BCUT2D eigenvalue weighted by molar-refractivity contribution is 5.37. The van der Waals surface area contributed by atoms with E-state index in [4.69, 9.17) is 4.74 Å². The minimum absolute atomic E-state index is 0.0924. The highest BCUT2D eigenvalue weighted by atomic mass is 16.5. The van der Waals surface area contributed by atoms with Crippen molar-refractivity contribution in [3.8, 4) is 11.6 Å². The molecule has 0 radical (unpaired) electrons. The largest absolute Gasteiger partial charge is 0.508 e. The number of nitrogens with one attached hydrogen (secondary N) is 1. The number of rotatable bonds is 6. The van der Waals surface area contributed by atoms with Crippen LogP contribution in [0.4, 0.5) is 5.82 Å². The number of nitrogens with zero attached hydrogens (tertiary/aromatic N) is 2. The highest BCUT2D eigenvalue weighted by Crippen LogP contribution is 2.13. The van der Waals surface area contributed by atoms with Gasteiger partial charge in [-0.25, -0.2) is 9.97 Å². The molecule has 0 fully saturated rings. The predicted octanol–water partition coefficient (Wildman–Crippen LogP) is 2.62. The normalized spacial score (nSPS) is 10.6. The zero-order chi connectivity index (χ0) is 14.4. The summed E-state index contributed by atoms with van der Waals surface area (Å²) in [7, 11) is 0. The van der Waals surface area contributed by atoms with Crippen molar-refractivity contribution >= 4 is 5.82 Å². The van der Waals surface area contributed by atoms with Crippen LogP contribution in [0.25, 0.3) is 0 Å². The maximum atomic E-state index is 9.22. The molecule has 0 unspecified atom stereocenters. The molecule has 0 bridgehead atoms. The van der Waals surface area contributed by atoms with Crippen LogP contribution in [0.2, 0.25) is 0 Å². The minimum atomic E-state index is 0.0924. The highest BCUT2D eigenvalue weighted by Gasteiger charge is 2.02. The van der Waals surface area contributed by atoms with E-state index >= 15 is 0 Å². The second kappa shape index (κ2) is 6.75. The van der Waals surface area contributed by atoms with Crippen molar-refractivity contribution in [2.24, 2.45) is 0 Å². The van der Waals surface area contributed by atoms with E-state index in [1.165, 1.54) is 6.33 Å². The fraction of sp³-hybridized carbons (Fsp3) is 0.333. The Hall–Kier alpha value is -2.30. The number of benzene rings is 1. The molecule has 1 aromatic heterocycles. The van der Waals surface area contributed by atoms with Crippen molar-refractivity contribution < 1.29 is 9.84 Å². The molecule has 0 saturated carbocycles. The molecule has 2 aromatic rings. The summed E-state index contributed by atoms with van der Waals surface area (Å²) in [4.78, 5) is 8.20. The van der Waals surface area contributed by atoms with Gasteiger partial charge in [-0.1, -0.05) is 12.1 Å². The first-order chi connectivity index (χ1) is 9.63. The molecule has 5 heteroatoms. The van der Waals surface area contributed by atoms with Gasteiger partial charge in [0.05, 0.1) is 6.10 Å². The average molecular weight is 273 g/mol. The number of anilines is 1. The Bertz CT molecular complexity index is 541. The summed E-state index contributed by atoms with van der Waals surface area (Å²) in [6.45, 7) is 4.67. The number of phenols is 1. The molecule has 0 spiro atoms. The van der Waals surface area contributed by atoms with Gasteiger partial charge in [-0.3, -0.25) is 0 Å². The number of aromatic hydroxyl groups is 1. The first-order valence-electron chi connectivity index (χ1n) is 6.64. The van der Waals surface area contributed by atoms with Gasteiger partial charge < -0.3 is 15.2 Å². The van der Waals surface area contributed by atoms with Crippen molar-refractivity contribution in [3.05, 3.63) is 42.2 Å². The quantitative estimate of drug-likeness (QED) is 0.847. The Morgan fingerprint density at radius 2 is 1.95 bits per heavy atom. The Kier molecular flexibility index (Phi) is 4.76. The van der Waals surface area contributed by atoms with Gasteiger partial charge in [-0.15, -0.1) is 0 Å². The number of phenolic OH excluding ortho intramolecular Hbond substituents is 1. The second-order valence-electron chi connectivity index (χ2n) is 4.75. The van der Waals surface area contributed by atoms with E-state index in [-0.39, 0.29) is 11.9 Å². The third-order valence-electron chi connectivity index (χ3n) is 2.65. The van der Waals surface area contributed by atoms with Gasteiger partial charge in [0.1, 0.15) is 17.9 Å². The summed E-state index contributed by atoms with van der Waals surface area (Å²) in [6.07, 6.45) is 2.43. The summed E-state index contributed by atoms with van der Waals surface area (Å²) in [5.41, 5.74) is 1.16. The van der Waals surface area contributed by atoms with Crippen LogP contribution in [0.1, 0.15) is 19.4 Å². The summed E-state index contributed by atoms with van der Waals surface area (Å²) in [5, 5.41) is 12.4. The smallest absolute Gasteiger partial charge is 0.218 e. The van der Waals surface area contributed by atoms with Crippen LogP contribution in [0.5, 0.6) is 11.6 Å². The molecule has 0 aliphatic heterocycles. The molecule has 1 aromatic carbocycles. The van der Waals surface area contributed by atoms with Gasteiger partial charge in [0, 0.05) is 12.6 Å². The fourth-order valence-electron chi connectivity index (χ4n) is 1.74. The SMILES string of the molecule is CC(C)Oc1cc(NCCc2ccc(O)cc2)ncn1. The summed E-state index contributed by atoms with van der Waals surface area (Å²) < 4.78 is 5.51. The van der Waals surface area contributed by atoms with Crippen LogP contribution >= 0.6 is 0 Å². The fourth-order valence-corrected chi connectivity index (χ4v) is 1.74. The summed E-state index contributed by atoms with van der Waals surface area (Å²) in [5.74, 6) is 1.60. The zero-order valence-electron chi connectivity index (χ0n) is 11.7. The van der Waals surface area contributed by atoms with E-state index < -0.39 is 0 Å².